The van der Waals surface area contributed by atoms with Crippen molar-refractivity contribution in [3.8, 4) is 0 Å². The summed E-state index contributed by atoms with van der Waals surface area (Å²) in [5, 5.41) is 11.7. The van der Waals surface area contributed by atoms with Crippen molar-refractivity contribution in [2.75, 3.05) is 5.32 Å². The summed E-state index contributed by atoms with van der Waals surface area (Å²) in [5.74, 6) is -0.975. The number of hydrogen-bond acceptors (Lipinski definition) is 4. The highest BCUT2D eigenvalue weighted by atomic mass is 32.2. The minimum Gasteiger partial charge on any atom is -0.478 e. The molecule has 0 aromatic heterocycles. The molecule has 1 atom stereocenters. The van der Waals surface area contributed by atoms with Gasteiger partial charge in [0.25, 0.3) is 0 Å². The van der Waals surface area contributed by atoms with Crippen molar-refractivity contribution in [1.29, 1.82) is 0 Å². The third-order valence-corrected chi connectivity index (χ3v) is 3.46. The van der Waals surface area contributed by atoms with E-state index in [-0.39, 0.29) is 0 Å². The van der Waals surface area contributed by atoms with E-state index < -0.39 is 10.2 Å². The normalized spacial score (nSPS) is 25.0. The number of aliphatic carboxylic acids is 1. The molecule has 0 bridgehead atoms. The second kappa shape index (κ2) is 2.85. The van der Waals surface area contributed by atoms with Gasteiger partial charge in [-0.15, -0.1) is 12.6 Å². The third-order valence-electron chi connectivity index (χ3n) is 1.74. The van der Waals surface area contributed by atoms with Crippen LogP contribution in [0.1, 0.15) is 0 Å². The molecule has 1 aliphatic rings. The number of thioether (sulfide) groups is 1. The largest absolute Gasteiger partial charge is 0.478 e. The van der Waals surface area contributed by atoms with Crippen LogP contribution < -0.4 is 5.32 Å². The van der Waals surface area contributed by atoms with Crippen LogP contribution in [-0.2, 0) is 4.79 Å². The lowest BCUT2D eigenvalue weighted by molar-refractivity contribution is -0.136. The minimum atomic E-state index is -1.22. The van der Waals surface area contributed by atoms with E-state index in [9.17, 15) is 4.79 Å². The quantitative estimate of drug-likeness (QED) is 0.623. The summed E-state index contributed by atoms with van der Waals surface area (Å²) in [4.78, 5) is 11.7. The zero-order valence-electron chi connectivity index (χ0n) is 6.52. The summed E-state index contributed by atoms with van der Waals surface area (Å²) < 4.78 is -1.22. The highest BCUT2D eigenvalue weighted by molar-refractivity contribution is 8.13. The number of benzene rings is 1. The molecule has 0 saturated heterocycles. The molecule has 0 spiro atoms. The van der Waals surface area contributed by atoms with Crippen molar-refractivity contribution in [1.82, 2.24) is 0 Å². The number of thiol groups is 1. The van der Waals surface area contributed by atoms with Gasteiger partial charge in [-0.3, -0.25) is 0 Å². The zero-order chi connectivity index (χ0) is 9.47. The lowest BCUT2D eigenvalue weighted by atomic mass is 10.3. The van der Waals surface area contributed by atoms with Gasteiger partial charge in [-0.05, 0) is 12.1 Å². The summed E-state index contributed by atoms with van der Waals surface area (Å²) in [6, 6.07) is 7.43. The van der Waals surface area contributed by atoms with Gasteiger partial charge in [-0.25, -0.2) is 4.79 Å². The topological polar surface area (TPSA) is 49.3 Å². The van der Waals surface area contributed by atoms with Crippen molar-refractivity contribution in [3.05, 3.63) is 24.3 Å². The van der Waals surface area contributed by atoms with Crippen LogP contribution in [0.3, 0.4) is 0 Å². The van der Waals surface area contributed by atoms with Gasteiger partial charge >= 0.3 is 5.97 Å². The number of para-hydroxylation sites is 1. The average molecular weight is 213 g/mol. The Bertz CT molecular complexity index is 342. The van der Waals surface area contributed by atoms with Crippen LogP contribution in [0, 0.1) is 0 Å². The van der Waals surface area contributed by atoms with Crippen LogP contribution in [0.2, 0.25) is 0 Å². The van der Waals surface area contributed by atoms with E-state index in [4.69, 9.17) is 5.11 Å². The molecule has 0 radical (unpaired) electrons. The smallest absolute Gasteiger partial charge is 0.351 e. The number of nitrogens with one attached hydrogen (secondary N) is 1. The molecule has 68 valence electrons. The Balaban J connectivity index is 2.37. The molecule has 5 heteroatoms. The Morgan fingerprint density at radius 2 is 2.23 bits per heavy atom. The number of anilines is 1. The molecule has 1 unspecified atom stereocenters. The van der Waals surface area contributed by atoms with E-state index in [2.05, 4.69) is 17.9 Å². The van der Waals surface area contributed by atoms with E-state index in [1.165, 1.54) is 11.8 Å². The third kappa shape index (κ3) is 1.38. The molecule has 0 fully saturated rings. The molecule has 1 aromatic rings. The van der Waals surface area contributed by atoms with E-state index in [0.717, 1.165) is 10.6 Å². The van der Waals surface area contributed by atoms with Crippen molar-refractivity contribution < 1.29 is 9.90 Å². The van der Waals surface area contributed by atoms with Crippen molar-refractivity contribution >= 4 is 36.0 Å². The number of carboxylic acids is 1. The number of fused-ring (bicyclic) bond motifs is 1. The van der Waals surface area contributed by atoms with Gasteiger partial charge in [-0.2, -0.15) is 0 Å². The summed E-state index contributed by atoms with van der Waals surface area (Å²) in [6.07, 6.45) is 0. The Kier molecular flexibility index (Phi) is 1.92. The molecular formula is C8H7NO2S2. The van der Waals surface area contributed by atoms with E-state index in [0.29, 0.717) is 0 Å². The van der Waals surface area contributed by atoms with Crippen LogP contribution in [0.25, 0.3) is 0 Å². The number of hydrogen-bond donors (Lipinski definition) is 3. The molecule has 2 N–H and O–H groups in total. The predicted molar refractivity (Wildman–Crippen MR) is 55.3 cm³/mol. The maximum atomic E-state index is 10.8. The van der Waals surface area contributed by atoms with Crippen LogP contribution >= 0.6 is 24.4 Å². The monoisotopic (exact) mass is 213 g/mol. The first-order chi connectivity index (χ1) is 6.12. The standard InChI is InChI=1S/C8H7NO2S2/c10-7(11)8(12)9-5-3-1-2-4-6(5)13-8/h1-4,9,12H,(H,10,11). The second-order valence-electron chi connectivity index (χ2n) is 2.67. The van der Waals surface area contributed by atoms with Crippen molar-refractivity contribution in [2.45, 2.75) is 9.10 Å². The molecule has 0 saturated carbocycles. The summed E-state index contributed by atoms with van der Waals surface area (Å²) in [6.45, 7) is 0. The summed E-state index contributed by atoms with van der Waals surface area (Å²) >= 11 is 5.27. The van der Waals surface area contributed by atoms with Crippen LogP contribution in [0.5, 0.6) is 0 Å². The minimum absolute atomic E-state index is 0.824. The fourth-order valence-electron chi connectivity index (χ4n) is 1.12. The van der Waals surface area contributed by atoms with Crippen molar-refractivity contribution in [2.24, 2.45) is 0 Å². The number of rotatable bonds is 1. The highest BCUT2D eigenvalue weighted by Gasteiger charge is 2.41. The van der Waals surface area contributed by atoms with Crippen LogP contribution in [0.4, 0.5) is 5.69 Å². The maximum absolute atomic E-state index is 10.8. The Morgan fingerprint density at radius 1 is 1.54 bits per heavy atom. The molecule has 0 amide bonds. The Labute approximate surface area is 84.9 Å². The molecule has 13 heavy (non-hydrogen) atoms. The number of carboxylic acid groups (broad SMARTS) is 1. The number of carbonyl (C=O) groups is 1. The molecule has 1 heterocycles. The van der Waals surface area contributed by atoms with Crippen LogP contribution in [-0.4, -0.2) is 15.3 Å². The zero-order valence-corrected chi connectivity index (χ0v) is 8.23. The first-order valence-corrected chi connectivity index (χ1v) is 4.90. The second-order valence-corrected chi connectivity index (χ2v) is 4.90. The van der Waals surface area contributed by atoms with Gasteiger partial charge in [-0.1, -0.05) is 23.9 Å². The fraction of sp³-hybridized carbons (Fsp3) is 0.125. The summed E-state index contributed by atoms with van der Waals surface area (Å²) in [5.41, 5.74) is 0.824. The van der Waals surface area contributed by atoms with Crippen LogP contribution in [0.15, 0.2) is 29.2 Å². The molecule has 0 aliphatic carbocycles. The molecule has 3 nitrogen and oxygen atoms in total. The van der Waals surface area contributed by atoms with Gasteiger partial charge in [0.05, 0.1) is 5.69 Å². The predicted octanol–water partition coefficient (Wildman–Crippen LogP) is 1.87. The molecule has 1 aromatic carbocycles. The maximum Gasteiger partial charge on any atom is 0.351 e. The van der Waals surface area contributed by atoms with Gasteiger partial charge in [0.15, 0.2) is 0 Å². The Hall–Kier alpha value is -0.810. The molecule has 2 rings (SSSR count). The van der Waals surface area contributed by atoms with Gasteiger partial charge in [0, 0.05) is 4.90 Å². The van der Waals surface area contributed by atoms with E-state index >= 15 is 0 Å². The first kappa shape index (κ1) is 8.77. The lowest BCUT2D eigenvalue weighted by Gasteiger charge is -2.16. The highest BCUT2D eigenvalue weighted by Crippen LogP contribution is 2.47. The first-order valence-electron chi connectivity index (χ1n) is 3.64. The SMILES string of the molecule is O=C(O)C1(S)Nc2ccccc2S1. The van der Waals surface area contributed by atoms with Gasteiger partial charge < -0.3 is 10.4 Å². The fourth-order valence-corrected chi connectivity index (χ4v) is 2.48. The van der Waals surface area contributed by atoms with E-state index in [1.54, 1.807) is 0 Å². The lowest BCUT2D eigenvalue weighted by Crippen LogP contribution is -2.33. The van der Waals surface area contributed by atoms with Gasteiger partial charge in [0.1, 0.15) is 0 Å². The summed E-state index contributed by atoms with van der Waals surface area (Å²) in [7, 11) is 0. The Morgan fingerprint density at radius 3 is 2.85 bits per heavy atom. The molecular weight excluding hydrogens is 206 g/mol. The molecule has 1 aliphatic heterocycles. The van der Waals surface area contributed by atoms with Crippen molar-refractivity contribution in [3.63, 3.8) is 0 Å². The van der Waals surface area contributed by atoms with E-state index in [1.807, 2.05) is 24.3 Å². The average Bonchev–Trinajstić information content (AvgIpc) is 2.42. The van der Waals surface area contributed by atoms with Gasteiger partial charge in [0.2, 0.25) is 4.20 Å².